The van der Waals surface area contributed by atoms with Crippen LogP contribution in [0.3, 0.4) is 0 Å². The zero-order chi connectivity index (χ0) is 12.4. The van der Waals surface area contributed by atoms with Crippen molar-refractivity contribution in [1.29, 1.82) is 0 Å². The summed E-state index contributed by atoms with van der Waals surface area (Å²) in [4.78, 5) is 15.1. The highest BCUT2D eigenvalue weighted by Crippen LogP contribution is 2.15. The first-order chi connectivity index (χ1) is 8.15. The van der Waals surface area contributed by atoms with Crippen LogP contribution in [0.5, 0.6) is 0 Å². The lowest BCUT2D eigenvalue weighted by atomic mass is 10.3. The maximum Gasteiger partial charge on any atom is 0.214 e. The summed E-state index contributed by atoms with van der Waals surface area (Å²) in [5, 5.41) is 0. The molecule has 17 heavy (non-hydrogen) atoms. The quantitative estimate of drug-likeness (QED) is 0.761. The Morgan fingerprint density at radius 1 is 1.47 bits per heavy atom. The van der Waals surface area contributed by atoms with Crippen molar-refractivity contribution in [3.05, 3.63) is 40.9 Å². The molecular formula is C13H16N2O2. The molecule has 0 unspecified atom stereocenters. The van der Waals surface area contributed by atoms with Crippen molar-refractivity contribution in [2.24, 2.45) is 0 Å². The molecular weight excluding hydrogens is 216 g/mol. The summed E-state index contributed by atoms with van der Waals surface area (Å²) in [5.74, 6) is 1.57. The van der Waals surface area contributed by atoms with Gasteiger partial charge in [-0.25, -0.2) is 4.98 Å². The fraction of sp³-hybridized carbons (Fsp3) is 0.385. The van der Waals surface area contributed by atoms with Crippen molar-refractivity contribution in [2.45, 2.75) is 33.7 Å². The molecule has 2 heterocycles. The summed E-state index contributed by atoms with van der Waals surface area (Å²) >= 11 is 0. The van der Waals surface area contributed by atoms with Gasteiger partial charge in [0.05, 0.1) is 12.7 Å². The zero-order valence-corrected chi connectivity index (χ0v) is 10.4. The Bertz CT molecular complexity index is 538. The number of rotatable bonds is 4. The fourth-order valence-corrected chi connectivity index (χ4v) is 1.91. The minimum Gasteiger partial charge on any atom is -0.444 e. The summed E-state index contributed by atoms with van der Waals surface area (Å²) in [6, 6.07) is 1.88. The molecule has 2 aromatic heterocycles. The van der Waals surface area contributed by atoms with Gasteiger partial charge >= 0.3 is 0 Å². The van der Waals surface area contributed by atoms with Gasteiger partial charge in [-0.2, -0.15) is 0 Å². The Hall–Kier alpha value is -1.84. The summed E-state index contributed by atoms with van der Waals surface area (Å²) in [5.41, 5.74) is 2.72. The minimum atomic E-state index is 0.575. The van der Waals surface area contributed by atoms with Crippen molar-refractivity contribution >= 4 is 6.29 Å². The zero-order valence-electron chi connectivity index (χ0n) is 10.4. The lowest BCUT2D eigenvalue weighted by molar-refractivity contribution is 0.112. The third-order valence-electron chi connectivity index (χ3n) is 2.98. The molecule has 0 aliphatic rings. The molecule has 0 aliphatic carbocycles. The molecule has 0 saturated heterocycles. The SMILES string of the molecule is CCc1cnc(Cn2c(C)cc(C=O)c2C)o1. The number of oxazole rings is 1. The topological polar surface area (TPSA) is 48.0 Å². The van der Waals surface area contributed by atoms with Gasteiger partial charge in [-0.3, -0.25) is 4.79 Å². The van der Waals surface area contributed by atoms with E-state index < -0.39 is 0 Å². The molecule has 0 bridgehead atoms. The number of aldehydes is 1. The van der Waals surface area contributed by atoms with Gasteiger partial charge in [0.1, 0.15) is 5.76 Å². The minimum absolute atomic E-state index is 0.575. The molecule has 0 aliphatic heterocycles. The van der Waals surface area contributed by atoms with E-state index in [0.29, 0.717) is 12.4 Å². The molecule has 0 atom stereocenters. The summed E-state index contributed by atoms with van der Waals surface area (Å²) < 4.78 is 7.61. The first-order valence-electron chi connectivity index (χ1n) is 5.71. The summed E-state index contributed by atoms with van der Waals surface area (Å²) in [6.07, 6.45) is 3.48. The number of nitrogens with zero attached hydrogens (tertiary/aromatic N) is 2. The molecule has 0 fully saturated rings. The second-order valence-corrected chi connectivity index (χ2v) is 4.10. The Balaban J connectivity index is 2.29. The summed E-state index contributed by atoms with van der Waals surface area (Å²) in [6.45, 7) is 6.51. The fourth-order valence-electron chi connectivity index (χ4n) is 1.91. The van der Waals surface area contributed by atoms with Crippen LogP contribution in [0.25, 0.3) is 0 Å². The highest BCUT2D eigenvalue weighted by atomic mass is 16.4. The maximum absolute atomic E-state index is 10.8. The maximum atomic E-state index is 10.8. The van der Waals surface area contributed by atoms with Crippen LogP contribution in [0.1, 0.15) is 40.3 Å². The van der Waals surface area contributed by atoms with Crippen LogP contribution in [-0.4, -0.2) is 15.8 Å². The van der Waals surface area contributed by atoms with Crippen LogP contribution in [0.15, 0.2) is 16.7 Å². The van der Waals surface area contributed by atoms with Crippen molar-refractivity contribution in [2.75, 3.05) is 0 Å². The number of carbonyl (C=O) groups excluding carboxylic acids is 1. The van der Waals surface area contributed by atoms with E-state index in [4.69, 9.17) is 4.42 Å². The predicted octanol–water partition coefficient (Wildman–Crippen LogP) is 2.52. The standard InChI is InChI=1S/C13H16N2O2/c1-4-12-6-14-13(17-12)7-15-9(2)5-11(8-16)10(15)3/h5-6,8H,4,7H2,1-3H3. The molecule has 0 spiro atoms. The molecule has 0 amide bonds. The second kappa shape index (κ2) is 4.57. The molecule has 0 N–H and O–H groups in total. The average molecular weight is 232 g/mol. The van der Waals surface area contributed by atoms with E-state index in [9.17, 15) is 4.79 Å². The first-order valence-corrected chi connectivity index (χ1v) is 5.71. The monoisotopic (exact) mass is 232 g/mol. The number of aryl methyl sites for hydroxylation is 2. The van der Waals surface area contributed by atoms with Crippen LogP contribution in [0.4, 0.5) is 0 Å². The Labute approximate surface area is 100 Å². The van der Waals surface area contributed by atoms with Crippen LogP contribution in [0.2, 0.25) is 0 Å². The third-order valence-corrected chi connectivity index (χ3v) is 2.98. The lowest BCUT2D eigenvalue weighted by Gasteiger charge is -2.06. The van der Waals surface area contributed by atoms with Crippen molar-refractivity contribution in [3.8, 4) is 0 Å². The molecule has 0 saturated carbocycles. The van der Waals surface area contributed by atoms with Crippen molar-refractivity contribution in [3.63, 3.8) is 0 Å². The predicted molar refractivity (Wildman–Crippen MR) is 64.3 cm³/mol. The number of carbonyl (C=O) groups is 1. The van der Waals surface area contributed by atoms with Crippen LogP contribution in [-0.2, 0) is 13.0 Å². The van der Waals surface area contributed by atoms with Crippen molar-refractivity contribution < 1.29 is 9.21 Å². The van der Waals surface area contributed by atoms with E-state index >= 15 is 0 Å². The third kappa shape index (κ3) is 2.16. The number of hydrogen-bond acceptors (Lipinski definition) is 3. The highest BCUT2D eigenvalue weighted by Gasteiger charge is 2.11. The van der Waals surface area contributed by atoms with Gasteiger partial charge in [0.15, 0.2) is 6.29 Å². The highest BCUT2D eigenvalue weighted by molar-refractivity contribution is 5.77. The van der Waals surface area contributed by atoms with Crippen LogP contribution < -0.4 is 0 Å². The Kier molecular flexibility index (Phi) is 3.13. The lowest BCUT2D eigenvalue weighted by Crippen LogP contribution is -2.04. The van der Waals surface area contributed by atoms with E-state index in [1.807, 2.05) is 31.4 Å². The van der Waals surface area contributed by atoms with Gasteiger partial charge in [0, 0.05) is 23.4 Å². The van der Waals surface area contributed by atoms with Gasteiger partial charge in [0.25, 0.3) is 0 Å². The largest absolute Gasteiger partial charge is 0.444 e. The van der Waals surface area contributed by atoms with Crippen LogP contribution in [0, 0.1) is 13.8 Å². The molecule has 2 rings (SSSR count). The van der Waals surface area contributed by atoms with E-state index in [0.717, 1.165) is 35.4 Å². The smallest absolute Gasteiger partial charge is 0.214 e. The van der Waals surface area contributed by atoms with E-state index in [1.54, 1.807) is 6.20 Å². The van der Waals surface area contributed by atoms with E-state index in [2.05, 4.69) is 4.98 Å². The summed E-state index contributed by atoms with van der Waals surface area (Å²) in [7, 11) is 0. The van der Waals surface area contributed by atoms with Gasteiger partial charge in [-0.1, -0.05) is 6.92 Å². The normalized spacial score (nSPS) is 10.8. The van der Waals surface area contributed by atoms with Gasteiger partial charge in [-0.05, 0) is 19.9 Å². The van der Waals surface area contributed by atoms with Gasteiger partial charge in [0.2, 0.25) is 5.89 Å². The van der Waals surface area contributed by atoms with E-state index in [-0.39, 0.29) is 0 Å². The van der Waals surface area contributed by atoms with Gasteiger partial charge in [-0.15, -0.1) is 0 Å². The van der Waals surface area contributed by atoms with Crippen LogP contribution >= 0.6 is 0 Å². The Morgan fingerprint density at radius 2 is 2.24 bits per heavy atom. The second-order valence-electron chi connectivity index (χ2n) is 4.10. The van der Waals surface area contributed by atoms with Crippen molar-refractivity contribution in [1.82, 2.24) is 9.55 Å². The molecule has 0 radical (unpaired) electrons. The molecule has 2 aromatic rings. The number of aromatic nitrogens is 2. The van der Waals surface area contributed by atoms with E-state index in [1.165, 1.54) is 0 Å². The number of hydrogen-bond donors (Lipinski definition) is 0. The Morgan fingerprint density at radius 3 is 2.76 bits per heavy atom. The molecule has 4 nitrogen and oxygen atoms in total. The average Bonchev–Trinajstić information content (AvgIpc) is 2.88. The first kappa shape index (κ1) is 11.6. The molecule has 0 aromatic carbocycles. The molecule has 4 heteroatoms. The van der Waals surface area contributed by atoms with Gasteiger partial charge < -0.3 is 8.98 Å². The molecule has 90 valence electrons.